The lowest BCUT2D eigenvalue weighted by atomic mass is 9.93. The summed E-state index contributed by atoms with van der Waals surface area (Å²) in [4.78, 5) is 49.9. The number of hydrogen-bond acceptors (Lipinski definition) is 7. The standard InChI is InChI=1S/C36H25ClN6O3/c37-23-15-17-24(18-16-23)38-36(46)41-35-33-34(42-43-35)40-30(20-32(45)28-14-6-10-22-8-2-4-12-26(22)28)29(39-33)19-31(44)27-13-5-9-21-7-1-3-11-25(21)27/h1-18,33H,19-20H2,(H2,38,41,43,46)/t33-/m1/s1. The summed E-state index contributed by atoms with van der Waals surface area (Å²) in [5, 5.41) is 17.8. The third-order valence-electron chi connectivity index (χ3n) is 7.81. The first-order valence-corrected chi connectivity index (χ1v) is 15.0. The van der Waals surface area contributed by atoms with Crippen molar-refractivity contribution >= 4 is 79.5 Å². The number of Topliss-reactive ketones (excluding diaryl/α,β-unsaturated/α-hetero) is 2. The highest BCUT2D eigenvalue weighted by Crippen LogP contribution is 2.25. The molecule has 7 rings (SSSR count). The Morgan fingerprint density at radius 3 is 1.83 bits per heavy atom. The Bertz CT molecular complexity index is 2180. The summed E-state index contributed by atoms with van der Waals surface area (Å²) < 4.78 is 0. The second-order valence-electron chi connectivity index (χ2n) is 10.8. The molecule has 9 nitrogen and oxygen atoms in total. The first-order valence-electron chi connectivity index (χ1n) is 14.6. The van der Waals surface area contributed by atoms with Gasteiger partial charge in [0.05, 0.1) is 24.3 Å². The van der Waals surface area contributed by atoms with Gasteiger partial charge in [0.2, 0.25) is 0 Å². The topological polar surface area (TPSA) is 125 Å². The molecule has 2 aliphatic heterocycles. The maximum absolute atomic E-state index is 13.8. The van der Waals surface area contributed by atoms with Crippen molar-refractivity contribution in [3.63, 3.8) is 0 Å². The van der Waals surface area contributed by atoms with Crippen molar-refractivity contribution < 1.29 is 14.4 Å². The number of rotatable bonds is 7. The third-order valence-corrected chi connectivity index (χ3v) is 8.06. The minimum Gasteiger partial charge on any atom is -0.308 e. The molecule has 0 saturated carbocycles. The highest BCUT2D eigenvalue weighted by molar-refractivity contribution is 6.52. The molecule has 5 aromatic carbocycles. The van der Waals surface area contributed by atoms with Gasteiger partial charge in [-0.15, -0.1) is 10.2 Å². The monoisotopic (exact) mass is 624 g/mol. The maximum atomic E-state index is 13.8. The number of amides is 2. The van der Waals surface area contributed by atoms with E-state index in [-0.39, 0.29) is 36.1 Å². The van der Waals surface area contributed by atoms with Crippen LogP contribution in [0.5, 0.6) is 0 Å². The van der Waals surface area contributed by atoms with Crippen LogP contribution in [-0.2, 0) is 0 Å². The predicted octanol–water partition coefficient (Wildman–Crippen LogP) is 7.30. The highest BCUT2D eigenvalue weighted by atomic mass is 35.5. The molecule has 0 bridgehead atoms. The van der Waals surface area contributed by atoms with Crippen molar-refractivity contribution in [3.8, 4) is 0 Å². The van der Waals surface area contributed by atoms with Gasteiger partial charge in [0, 0.05) is 21.8 Å². The Kier molecular flexibility index (Phi) is 7.74. The number of halogens is 1. The molecule has 2 amide bonds. The molecule has 5 aromatic rings. The summed E-state index contributed by atoms with van der Waals surface area (Å²) >= 11 is 5.95. The average molecular weight is 625 g/mol. The molecule has 0 aromatic heterocycles. The number of nitrogens with zero attached hydrogens (tertiary/aromatic N) is 4. The van der Waals surface area contributed by atoms with Crippen molar-refractivity contribution in [2.75, 3.05) is 5.32 Å². The summed E-state index contributed by atoms with van der Waals surface area (Å²) in [6, 6.07) is 31.7. The van der Waals surface area contributed by atoms with Gasteiger partial charge in [-0.1, -0.05) is 96.5 Å². The molecule has 0 radical (unpaired) electrons. The minimum absolute atomic E-state index is 0.0960. The lowest BCUT2D eigenvalue weighted by Crippen LogP contribution is -2.44. The quantitative estimate of drug-likeness (QED) is 0.185. The normalized spacial score (nSPS) is 15.4. The van der Waals surface area contributed by atoms with Crippen LogP contribution in [0.25, 0.3) is 21.5 Å². The average Bonchev–Trinajstić information content (AvgIpc) is 3.45. The van der Waals surface area contributed by atoms with E-state index in [0.29, 0.717) is 33.3 Å². The van der Waals surface area contributed by atoms with Crippen molar-refractivity contribution in [2.24, 2.45) is 20.2 Å². The van der Waals surface area contributed by atoms with Gasteiger partial charge in [-0.2, -0.15) is 0 Å². The van der Waals surface area contributed by atoms with Gasteiger partial charge in [0.1, 0.15) is 0 Å². The molecule has 0 saturated heterocycles. The lowest BCUT2D eigenvalue weighted by molar-refractivity contribution is 0.0991. The van der Waals surface area contributed by atoms with Crippen LogP contribution < -0.4 is 10.6 Å². The Morgan fingerprint density at radius 2 is 1.20 bits per heavy atom. The van der Waals surface area contributed by atoms with E-state index in [0.717, 1.165) is 21.5 Å². The molecule has 0 aliphatic carbocycles. The molecule has 1 atom stereocenters. The number of hydrogen-bond donors (Lipinski definition) is 2. The third kappa shape index (κ3) is 5.83. The van der Waals surface area contributed by atoms with Gasteiger partial charge in [-0.05, 0) is 45.8 Å². The molecule has 10 heteroatoms. The Hall–Kier alpha value is -5.80. The molecule has 0 fully saturated rings. The predicted molar refractivity (Wildman–Crippen MR) is 183 cm³/mol. The van der Waals surface area contributed by atoms with Crippen molar-refractivity contribution in [3.05, 3.63) is 125 Å². The van der Waals surface area contributed by atoms with Crippen LogP contribution in [0.1, 0.15) is 33.6 Å². The van der Waals surface area contributed by atoms with Crippen LogP contribution in [-0.4, -0.2) is 46.7 Å². The van der Waals surface area contributed by atoms with Crippen molar-refractivity contribution in [1.82, 2.24) is 5.32 Å². The minimum atomic E-state index is -0.845. The number of nitrogens with one attached hydrogen (secondary N) is 2. The van der Waals surface area contributed by atoms with Crippen molar-refractivity contribution in [1.29, 1.82) is 0 Å². The number of urea groups is 1. The first-order chi connectivity index (χ1) is 22.4. The molecule has 2 N–H and O–H groups in total. The molecule has 2 aliphatic rings. The van der Waals surface area contributed by atoms with Gasteiger partial charge in [0.25, 0.3) is 0 Å². The van der Waals surface area contributed by atoms with Crippen molar-refractivity contribution in [2.45, 2.75) is 18.9 Å². The lowest BCUT2D eigenvalue weighted by Gasteiger charge is -2.20. The zero-order valence-electron chi connectivity index (χ0n) is 24.3. The van der Waals surface area contributed by atoms with E-state index in [1.807, 2.05) is 72.8 Å². The smallest absolute Gasteiger partial charge is 0.308 e. The second-order valence-corrected chi connectivity index (χ2v) is 11.3. The molecule has 0 spiro atoms. The van der Waals surface area contributed by atoms with Gasteiger partial charge in [-0.3, -0.25) is 19.9 Å². The number of aliphatic imine (C=N–C) groups is 2. The number of anilines is 1. The van der Waals surface area contributed by atoms with Crippen LogP contribution in [0, 0.1) is 0 Å². The zero-order chi connectivity index (χ0) is 31.6. The Labute approximate surface area is 268 Å². The molecule has 0 unspecified atom stereocenters. The van der Waals surface area contributed by atoms with Crippen LogP contribution in [0.15, 0.2) is 129 Å². The van der Waals surface area contributed by atoms with E-state index in [9.17, 15) is 14.4 Å². The second kappa shape index (κ2) is 12.3. The molecular weight excluding hydrogens is 600 g/mol. The van der Waals surface area contributed by atoms with E-state index in [4.69, 9.17) is 21.6 Å². The first kappa shape index (κ1) is 28.9. The van der Waals surface area contributed by atoms with Crippen LogP contribution in [0.2, 0.25) is 5.02 Å². The summed E-state index contributed by atoms with van der Waals surface area (Å²) in [6.07, 6.45) is -0.203. The van der Waals surface area contributed by atoms with Gasteiger partial charge in [0.15, 0.2) is 29.3 Å². The van der Waals surface area contributed by atoms with Crippen LogP contribution >= 0.6 is 11.6 Å². The van der Waals surface area contributed by atoms with E-state index < -0.39 is 12.1 Å². The van der Waals surface area contributed by atoms with E-state index in [2.05, 4.69) is 20.8 Å². The summed E-state index contributed by atoms with van der Waals surface area (Å²) in [7, 11) is 0. The summed E-state index contributed by atoms with van der Waals surface area (Å²) in [6.45, 7) is 0. The fourth-order valence-electron chi connectivity index (χ4n) is 5.60. The molecular formula is C36H25ClN6O3. The molecule has 224 valence electrons. The van der Waals surface area contributed by atoms with E-state index >= 15 is 0 Å². The van der Waals surface area contributed by atoms with E-state index in [1.54, 1.807) is 36.4 Å². The van der Waals surface area contributed by atoms with Gasteiger partial charge in [-0.25, -0.2) is 9.79 Å². The number of benzene rings is 5. The van der Waals surface area contributed by atoms with Crippen LogP contribution in [0.3, 0.4) is 0 Å². The number of fused-ring (bicyclic) bond motifs is 3. The Morgan fingerprint density at radius 1 is 0.630 bits per heavy atom. The number of carbonyl (C=O) groups is 3. The van der Waals surface area contributed by atoms with Gasteiger partial charge < -0.3 is 5.32 Å². The highest BCUT2D eigenvalue weighted by Gasteiger charge is 2.35. The number of amidine groups is 2. The summed E-state index contributed by atoms with van der Waals surface area (Å²) in [5.41, 5.74) is 2.30. The zero-order valence-corrected chi connectivity index (χ0v) is 25.0. The molecule has 46 heavy (non-hydrogen) atoms. The maximum Gasteiger partial charge on any atom is 0.324 e. The fraction of sp³-hybridized carbons (Fsp3) is 0.0833. The largest absolute Gasteiger partial charge is 0.324 e. The van der Waals surface area contributed by atoms with Gasteiger partial charge >= 0.3 is 6.03 Å². The Balaban J connectivity index is 1.18. The van der Waals surface area contributed by atoms with Crippen LogP contribution in [0.4, 0.5) is 10.5 Å². The van der Waals surface area contributed by atoms with E-state index in [1.165, 1.54) is 0 Å². The number of ketones is 2. The number of carbonyl (C=O) groups excluding carboxylic acids is 3. The summed E-state index contributed by atoms with van der Waals surface area (Å²) in [5.74, 6) is 0.0364. The molecule has 2 heterocycles. The fourth-order valence-corrected chi connectivity index (χ4v) is 5.72. The SMILES string of the molecule is O=C(NC1=NN=C2N=C(CC(=O)c3cccc4ccccc34)C(CC(=O)c3cccc4ccccc34)=N[C@H]21)Nc1ccc(Cl)cc1.